The number of carbonyl (C=O) groups is 1. The van der Waals surface area contributed by atoms with Crippen molar-refractivity contribution in [2.45, 2.75) is 25.7 Å². The number of carbonyl (C=O) groups excluding carboxylic acids is 1. The topological polar surface area (TPSA) is 81.2 Å². The van der Waals surface area contributed by atoms with Gasteiger partial charge in [-0.1, -0.05) is 0 Å². The van der Waals surface area contributed by atoms with Gasteiger partial charge in [-0.05, 0) is 13.8 Å². The highest BCUT2D eigenvalue weighted by molar-refractivity contribution is 6.20. The van der Waals surface area contributed by atoms with Gasteiger partial charge in [0, 0.05) is 0 Å². The fraction of sp³-hybridized carbons (Fsp3) is 0.750. The molecule has 1 aliphatic rings. The van der Waals surface area contributed by atoms with Gasteiger partial charge in [-0.15, -0.1) is 0 Å². The molecule has 0 aromatic carbocycles. The lowest BCUT2D eigenvalue weighted by Gasteiger charge is -2.16. The first kappa shape index (κ1) is 10.8. The van der Waals surface area contributed by atoms with Crippen LogP contribution in [-0.2, 0) is 19.0 Å². The second-order valence-corrected chi connectivity index (χ2v) is 3.33. The Labute approximate surface area is 81.4 Å². The number of hydrogen-bond acceptors (Lipinski definition) is 4. The third-order valence-corrected chi connectivity index (χ3v) is 1.64. The lowest BCUT2D eigenvalue weighted by molar-refractivity contribution is -0.155. The maximum absolute atomic E-state index is 10.7. The van der Waals surface area contributed by atoms with Crippen molar-refractivity contribution >= 4 is 12.2 Å². The van der Waals surface area contributed by atoms with Crippen molar-refractivity contribution in [3.8, 4) is 0 Å². The molecule has 0 spiro atoms. The molecular weight excluding hydrogens is 188 g/mol. The van der Waals surface area contributed by atoms with Crippen molar-refractivity contribution in [1.82, 2.24) is 0 Å². The molecule has 0 radical (unpaired) electrons. The number of nitrogens with zero attached hydrogens (tertiary/aromatic N) is 2. The van der Waals surface area contributed by atoms with Crippen LogP contribution in [0.5, 0.6) is 0 Å². The van der Waals surface area contributed by atoms with Gasteiger partial charge in [-0.25, -0.2) is 4.79 Å². The summed E-state index contributed by atoms with van der Waals surface area (Å²) in [6, 6.07) is 0. The molecule has 1 heterocycles. The summed E-state index contributed by atoms with van der Waals surface area (Å²) in [5.74, 6) is -1.33. The van der Waals surface area contributed by atoms with Gasteiger partial charge in [0.15, 0.2) is 5.79 Å². The first-order chi connectivity index (χ1) is 6.53. The average Bonchev–Trinajstić information content (AvgIpc) is 2.43. The zero-order chi connectivity index (χ0) is 10.6. The third kappa shape index (κ3) is 3.26. The minimum absolute atomic E-state index is 0.0916. The molecule has 6 nitrogen and oxygen atoms in total. The minimum atomic E-state index is -0.708. The normalized spacial score (nSPS) is 24.0. The van der Waals surface area contributed by atoms with Gasteiger partial charge in [-0.3, -0.25) is 0 Å². The second kappa shape index (κ2) is 4.32. The van der Waals surface area contributed by atoms with Crippen LogP contribution in [-0.4, -0.2) is 42.1 Å². The van der Waals surface area contributed by atoms with Gasteiger partial charge < -0.3 is 19.7 Å². The minimum Gasteiger partial charge on any atom is -0.454 e. The summed E-state index contributed by atoms with van der Waals surface area (Å²) >= 11 is 0. The molecule has 0 aromatic heterocycles. The van der Waals surface area contributed by atoms with Gasteiger partial charge in [-0.2, -0.15) is 4.79 Å². The Balaban J connectivity index is 2.27. The fourth-order valence-corrected chi connectivity index (χ4v) is 1.10. The van der Waals surface area contributed by atoms with Crippen molar-refractivity contribution in [3.63, 3.8) is 0 Å². The van der Waals surface area contributed by atoms with E-state index in [0.717, 1.165) is 0 Å². The van der Waals surface area contributed by atoms with Gasteiger partial charge in [0.2, 0.25) is 0 Å². The summed E-state index contributed by atoms with van der Waals surface area (Å²) in [6.07, 6.45) is 0.419. The summed E-state index contributed by atoms with van der Waals surface area (Å²) < 4.78 is 15.3. The fourth-order valence-electron chi connectivity index (χ4n) is 1.10. The standard InChI is InChI=1S/C8H12N2O4/c1-8(2)13-5-6(14-8)4-12-7(11)3-10-9/h3,6H,4-5H2,1-2H3/t6-/m0/s1. The van der Waals surface area contributed by atoms with Gasteiger partial charge >= 0.3 is 12.2 Å². The van der Waals surface area contributed by atoms with Crippen LogP contribution in [0.15, 0.2) is 0 Å². The molecule has 0 aromatic rings. The summed E-state index contributed by atoms with van der Waals surface area (Å²) in [6.45, 7) is 4.04. The molecular formula is C8H12N2O4. The first-order valence-corrected chi connectivity index (χ1v) is 4.19. The third-order valence-electron chi connectivity index (χ3n) is 1.64. The van der Waals surface area contributed by atoms with E-state index >= 15 is 0 Å². The largest absolute Gasteiger partial charge is 0.454 e. The molecule has 0 aliphatic carbocycles. The van der Waals surface area contributed by atoms with Gasteiger partial charge in [0.25, 0.3) is 0 Å². The Hall–Kier alpha value is -1.23. The molecule has 1 rings (SSSR count). The van der Waals surface area contributed by atoms with Crippen LogP contribution in [0.2, 0.25) is 0 Å². The molecule has 0 saturated carbocycles. The lowest BCUT2D eigenvalue weighted by atomic mass is 10.4. The molecule has 14 heavy (non-hydrogen) atoms. The second-order valence-electron chi connectivity index (χ2n) is 3.33. The molecule has 0 bridgehead atoms. The molecule has 78 valence electrons. The van der Waals surface area contributed by atoms with Crippen LogP contribution in [0.3, 0.4) is 0 Å². The van der Waals surface area contributed by atoms with Crippen LogP contribution < -0.4 is 0 Å². The van der Waals surface area contributed by atoms with E-state index in [-0.39, 0.29) is 12.7 Å². The van der Waals surface area contributed by atoms with Crippen molar-refractivity contribution in [1.29, 1.82) is 0 Å². The molecule has 1 saturated heterocycles. The zero-order valence-electron chi connectivity index (χ0n) is 8.10. The van der Waals surface area contributed by atoms with E-state index in [1.165, 1.54) is 0 Å². The maximum Gasteiger partial charge on any atom is 0.413 e. The van der Waals surface area contributed by atoms with E-state index in [0.29, 0.717) is 12.8 Å². The Bertz CT molecular complexity index is 271. The van der Waals surface area contributed by atoms with Gasteiger partial charge in [0.05, 0.1) is 6.61 Å². The summed E-state index contributed by atoms with van der Waals surface area (Å²) in [5.41, 5.74) is 8.02. The Morgan fingerprint density at radius 3 is 3.00 bits per heavy atom. The van der Waals surface area contributed by atoms with Crippen molar-refractivity contribution in [2.24, 2.45) is 0 Å². The van der Waals surface area contributed by atoms with E-state index in [2.05, 4.69) is 4.79 Å². The number of rotatable bonds is 3. The molecule has 1 atom stereocenters. The predicted molar refractivity (Wildman–Crippen MR) is 45.5 cm³/mol. The van der Waals surface area contributed by atoms with E-state index in [9.17, 15) is 4.79 Å². The van der Waals surface area contributed by atoms with Crippen LogP contribution in [0.25, 0.3) is 5.53 Å². The molecule has 1 aliphatic heterocycles. The van der Waals surface area contributed by atoms with E-state index in [1.54, 1.807) is 13.8 Å². The number of ether oxygens (including phenoxy) is 3. The Morgan fingerprint density at radius 2 is 2.50 bits per heavy atom. The van der Waals surface area contributed by atoms with Crippen LogP contribution in [0, 0.1) is 0 Å². The SMILES string of the molecule is CC1(C)OC[C@H](COC(=O)C=[N+]=[N-])O1. The zero-order valence-corrected chi connectivity index (χ0v) is 8.10. The smallest absolute Gasteiger partial charge is 0.413 e. The average molecular weight is 200 g/mol. The van der Waals surface area contributed by atoms with Crippen molar-refractivity contribution in [2.75, 3.05) is 13.2 Å². The Kier molecular flexibility index (Phi) is 3.35. The van der Waals surface area contributed by atoms with Crippen LogP contribution in [0.1, 0.15) is 13.8 Å². The van der Waals surface area contributed by atoms with Gasteiger partial charge in [0.1, 0.15) is 12.7 Å². The predicted octanol–water partition coefficient (Wildman–Crippen LogP) is -0.0183. The van der Waals surface area contributed by atoms with E-state index in [4.69, 9.17) is 19.7 Å². The molecule has 0 N–H and O–H groups in total. The van der Waals surface area contributed by atoms with E-state index < -0.39 is 11.8 Å². The summed E-state index contributed by atoms with van der Waals surface area (Å²) in [5, 5.41) is 0. The highest BCUT2D eigenvalue weighted by atomic mass is 16.7. The molecule has 0 amide bonds. The van der Waals surface area contributed by atoms with E-state index in [1.807, 2.05) is 0 Å². The van der Waals surface area contributed by atoms with Crippen LogP contribution in [0.4, 0.5) is 0 Å². The highest BCUT2D eigenvalue weighted by Crippen LogP contribution is 2.22. The number of hydrogen-bond donors (Lipinski definition) is 0. The quantitative estimate of drug-likeness (QED) is 0.277. The monoisotopic (exact) mass is 200 g/mol. The summed E-state index contributed by atoms with van der Waals surface area (Å²) in [7, 11) is 0. The maximum atomic E-state index is 10.7. The molecule has 1 fully saturated rings. The Morgan fingerprint density at radius 1 is 1.79 bits per heavy atom. The van der Waals surface area contributed by atoms with Crippen LogP contribution >= 0.6 is 0 Å². The highest BCUT2D eigenvalue weighted by Gasteiger charge is 2.33. The molecule has 0 unspecified atom stereocenters. The first-order valence-electron chi connectivity index (χ1n) is 4.19. The summed E-state index contributed by atoms with van der Waals surface area (Å²) in [4.78, 5) is 13.3. The molecule has 6 heteroatoms. The lowest BCUT2D eigenvalue weighted by Crippen LogP contribution is -2.25. The van der Waals surface area contributed by atoms with Crippen molar-refractivity contribution in [3.05, 3.63) is 5.53 Å². The van der Waals surface area contributed by atoms with Crippen molar-refractivity contribution < 1.29 is 23.8 Å². The number of esters is 1.